The smallest absolute Gasteiger partial charge is 0.106 e. The van der Waals surface area contributed by atoms with Gasteiger partial charge in [-0.2, -0.15) is 15.4 Å². The zero-order valence-corrected chi connectivity index (χ0v) is 10.8. The van der Waals surface area contributed by atoms with Crippen LogP contribution in [0.4, 0.5) is 0 Å². The molecule has 0 bridgehead atoms. The minimum absolute atomic E-state index is 0.384. The summed E-state index contributed by atoms with van der Waals surface area (Å²) in [4.78, 5) is 4.20. The number of nitrogens with one attached hydrogen (secondary N) is 1. The zero-order chi connectivity index (χ0) is 12.4. The van der Waals surface area contributed by atoms with E-state index in [1.165, 1.54) is 5.69 Å². The highest BCUT2D eigenvalue weighted by molar-refractivity contribution is 5.15. The standard InChI is InChI=1S/C12H19N5/c1-8(2)11-5-13-7-17(11)6-10-12(9(3)4)15-16-14-10/h5,7-9H,6H2,1-4H3,(H,14,15,16). The molecule has 92 valence electrons. The van der Waals surface area contributed by atoms with E-state index in [-0.39, 0.29) is 0 Å². The number of nitrogens with zero attached hydrogens (tertiary/aromatic N) is 4. The van der Waals surface area contributed by atoms with Crippen LogP contribution in [0.25, 0.3) is 0 Å². The van der Waals surface area contributed by atoms with Crippen LogP contribution in [-0.2, 0) is 6.54 Å². The van der Waals surface area contributed by atoms with E-state index in [0.717, 1.165) is 17.9 Å². The number of hydrogen-bond acceptors (Lipinski definition) is 3. The average Bonchev–Trinajstić information content (AvgIpc) is 2.86. The molecule has 5 heteroatoms. The highest BCUT2D eigenvalue weighted by Gasteiger charge is 2.14. The molecule has 2 rings (SSSR count). The third-order valence-corrected chi connectivity index (χ3v) is 2.85. The predicted octanol–water partition coefficient (Wildman–Crippen LogP) is 2.30. The average molecular weight is 233 g/mol. The van der Waals surface area contributed by atoms with Crippen LogP contribution < -0.4 is 0 Å². The van der Waals surface area contributed by atoms with Crippen molar-refractivity contribution in [2.24, 2.45) is 0 Å². The van der Waals surface area contributed by atoms with Crippen molar-refractivity contribution >= 4 is 0 Å². The molecule has 1 N–H and O–H groups in total. The molecule has 0 saturated carbocycles. The van der Waals surface area contributed by atoms with Crippen molar-refractivity contribution in [1.29, 1.82) is 0 Å². The second-order valence-electron chi connectivity index (χ2n) is 4.91. The molecule has 0 unspecified atom stereocenters. The summed E-state index contributed by atoms with van der Waals surface area (Å²) in [6.45, 7) is 9.31. The van der Waals surface area contributed by atoms with Gasteiger partial charge in [-0.25, -0.2) is 4.98 Å². The second-order valence-corrected chi connectivity index (χ2v) is 4.91. The fourth-order valence-corrected chi connectivity index (χ4v) is 1.94. The summed E-state index contributed by atoms with van der Waals surface area (Å²) in [5.74, 6) is 0.849. The lowest BCUT2D eigenvalue weighted by Crippen LogP contribution is -2.07. The van der Waals surface area contributed by atoms with Crippen molar-refractivity contribution in [2.45, 2.75) is 46.1 Å². The van der Waals surface area contributed by atoms with Gasteiger partial charge in [0.15, 0.2) is 0 Å². The fourth-order valence-electron chi connectivity index (χ4n) is 1.94. The van der Waals surface area contributed by atoms with Crippen LogP contribution in [0.2, 0.25) is 0 Å². The van der Waals surface area contributed by atoms with Gasteiger partial charge in [-0.15, -0.1) is 0 Å². The molecule has 0 aliphatic heterocycles. The minimum atomic E-state index is 0.384. The maximum absolute atomic E-state index is 4.23. The molecule has 0 fully saturated rings. The first kappa shape index (κ1) is 11.8. The van der Waals surface area contributed by atoms with E-state index in [0.29, 0.717) is 11.8 Å². The largest absolute Gasteiger partial charge is 0.328 e. The van der Waals surface area contributed by atoms with Crippen LogP contribution >= 0.6 is 0 Å². The number of aromatic amines is 1. The van der Waals surface area contributed by atoms with Crippen molar-refractivity contribution < 1.29 is 0 Å². The third-order valence-electron chi connectivity index (χ3n) is 2.85. The molecule has 0 saturated heterocycles. The molecule has 0 radical (unpaired) electrons. The Morgan fingerprint density at radius 3 is 2.59 bits per heavy atom. The number of hydrogen-bond donors (Lipinski definition) is 1. The summed E-state index contributed by atoms with van der Waals surface area (Å²) in [6, 6.07) is 0. The van der Waals surface area contributed by atoms with Crippen LogP contribution in [0.15, 0.2) is 12.5 Å². The summed E-state index contributed by atoms with van der Waals surface area (Å²) in [6.07, 6.45) is 3.77. The molecule has 5 nitrogen and oxygen atoms in total. The van der Waals surface area contributed by atoms with Gasteiger partial charge in [-0.1, -0.05) is 27.7 Å². The van der Waals surface area contributed by atoms with Gasteiger partial charge in [-0.05, 0) is 11.8 Å². The lowest BCUT2D eigenvalue weighted by Gasteiger charge is -2.10. The number of H-pyrrole nitrogens is 1. The molecule has 2 aromatic heterocycles. The van der Waals surface area contributed by atoms with Crippen LogP contribution in [-0.4, -0.2) is 25.0 Å². The molecule has 0 atom stereocenters. The molecular weight excluding hydrogens is 214 g/mol. The normalized spacial score (nSPS) is 11.6. The van der Waals surface area contributed by atoms with E-state index in [4.69, 9.17) is 0 Å². The van der Waals surface area contributed by atoms with E-state index in [9.17, 15) is 0 Å². The molecular formula is C12H19N5. The van der Waals surface area contributed by atoms with Crippen LogP contribution in [0.1, 0.15) is 56.6 Å². The Bertz CT molecular complexity index is 436. The van der Waals surface area contributed by atoms with Crippen molar-refractivity contribution in [1.82, 2.24) is 25.0 Å². The molecule has 2 heterocycles. The van der Waals surface area contributed by atoms with Gasteiger partial charge in [0.1, 0.15) is 5.69 Å². The van der Waals surface area contributed by atoms with Gasteiger partial charge in [0.25, 0.3) is 0 Å². The Morgan fingerprint density at radius 1 is 1.18 bits per heavy atom. The van der Waals surface area contributed by atoms with Gasteiger partial charge in [-0.3, -0.25) is 0 Å². The number of imidazole rings is 1. The topological polar surface area (TPSA) is 59.4 Å². The maximum Gasteiger partial charge on any atom is 0.106 e. The van der Waals surface area contributed by atoms with Gasteiger partial charge < -0.3 is 4.57 Å². The minimum Gasteiger partial charge on any atom is -0.328 e. The molecule has 0 amide bonds. The summed E-state index contributed by atoms with van der Waals surface area (Å²) in [5, 5.41) is 11.1. The van der Waals surface area contributed by atoms with Gasteiger partial charge in [0.2, 0.25) is 0 Å². The molecule has 0 aliphatic carbocycles. The quantitative estimate of drug-likeness (QED) is 0.881. The Balaban J connectivity index is 2.25. The Labute approximate surface area is 101 Å². The van der Waals surface area contributed by atoms with Crippen LogP contribution in [0.3, 0.4) is 0 Å². The summed E-state index contributed by atoms with van der Waals surface area (Å²) in [5.41, 5.74) is 3.26. The Morgan fingerprint density at radius 2 is 1.94 bits per heavy atom. The van der Waals surface area contributed by atoms with Crippen LogP contribution in [0, 0.1) is 0 Å². The second kappa shape index (κ2) is 4.69. The van der Waals surface area contributed by atoms with E-state index in [1.54, 1.807) is 0 Å². The Kier molecular flexibility index (Phi) is 3.26. The molecule has 0 spiro atoms. The lowest BCUT2D eigenvalue weighted by atomic mass is 10.1. The van der Waals surface area contributed by atoms with Gasteiger partial charge in [0.05, 0.1) is 18.6 Å². The molecule has 0 aliphatic rings. The first-order valence-electron chi connectivity index (χ1n) is 5.99. The van der Waals surface area contributed by atoms with E-state index in [2.05, 4.69) is 52.7 Å². The lowest BCUT2D eigenvalue weighted by molar-refractivity contribution is 0.670. The van der Waals surface area contributed by atoms with Crippen molar-refractivity contribution in [3.63, 3.8) is 0 Å². The van der Waals surface area contributed by atoms with Gasteiger partial charge in [0, 0.05) is 11.9 Å². The highest BCUT2D eigenvalue weighted by atomic mass is 15.3. The molecule has 0 aromatic carbocycles. The maximum atomic E-state index is 4.23. The van der Waals surface area contributed by atoms with E-state index in [1.807, 2.05) is 12.5 Å². The van der Waals surface area contributed by atoms with Crippen molar-refractivity contribution in [3.8, 4) is 0 Å². The monoisotopic (exact) mass is 233 g/mol. The molecule has 2 aromatic rings. The molecule has 17 heavy (non-hydrogen) atoms. The van der Waals surface area contributed by atoms with Crippen LogP contribution in [0.5, 0.6) is 0 Å². The van der Waals surface area contributed by atoms with E-state index >= 15 is 0 Å². The zero-order valence-electron chi connectivity index (χ0n) is 10.8. The first-order chi connectivity index (χ1) is 8.09. The summed E-state index contributed by atoms with van der Waals surface area (Å²) < 4.78 is 2.13. The number of aromatic nitrogens is 5. The first-order valence-corrected chi connectivity index (χ1v) is 5.99. The van der Waals surface area contributed by atoms with E-state index < -0.39 is 0 Å². The predicted molar refractivity (Wildman–Crippen MR) is 65.9 cm³/mol. The Hall–Kier alpha value is -1.65. The third kappa shape index (κ3) is 2.38. The fraction of sp³-hybridized carbons (Fsp3) is 0.583. The van der Waals surface area contributed by atoms with Crippen molar-refractivity contribution in [2.75, 3.05) is 0 Å². The van der Waals surface area contributed by atoms with Crippen molar-refractivity contribution in [3.05, 3.63) is 29.6 Å². The highest BCUT2D eigenvalue weighted by Crippen LogP contribution is 2.18. The SMILES string of the molecule is CC(C)c1n[nH]nc1Cn1cncc1C(C)C. The summed E-state index contributed by atoms with van der Waals surface area (Å²) in [7, 11) is 0. The number of rotatable bonds is 4. The summed E-state index contributed by atoms with van der Waals surface area (Å²) >= 11 is 0. The van der Waals surface area contributed by atoms with Gasteiger partial charge >= 0.3 is 0 Å².